The molecule has 7 nitrogen and oxygen atoms in total. The number of aryl methyl sites for hydroxylation is 1. The quantitative estimate of drug-likeness (QED) is 0.260. The van der Waals surface area contributed by atoms with Gasteiger partial charge in [-0.3, -0.25) is 4.68 Å². The first-order valence-corrected chi connectivity index (χ1v) is 13.1. The van der Waals surface area contributed by atoms with Crippen LogP contribution >= 0.6 is 12.4 Å². The molecule has 39 heavy (non-hydrogen) atoms. The third kappa shape index (κ3) is 5.07. The maximum absolute atomic E-state index is 10.8. The number of fused-ring (bicyclic) bond motifs is 1. The molecule has 0 spiro atoms. The lowest BCUT2D eigenvalue weighted by molar-refractivity contribution is 0.154. The smallest absolute Gasteiger partial charge is 0.147 e. The molecule has 0 saturated carbocycles. The van der Waals surface area contributed by atoms with Gasteiger partial charge in [0.25, 0.3) is 0 Å². The van der Waals surface area contributed by atoms with E-state index in [9.17, 15) is 5.11 Å². The molecule has 1 aliphatic heterocycles. The number of halogens is 1. The summed E-state index contributed by atoms with van der Waals surface area (Å²) in [5, 5.41) is 25.6. The molecule has 1 N–H and O–H groups in total. The van der Waals surface area contributed by atoms with Gasteiger partial charge in [0.15, 0.2) is 0 Å². The summed E-state index contributed by atoms with van der Waals surface area (Å²) in [5.41, 5.74) is 7.26. The molecular formula is C31H32ClN5O2. The summed E-state index contributed by atoms with van der Waals surface area (Å²) in [4.78, 5) is 2.40. The van der Waals surface area contributed by atoms with Crippen molar-refractivity contribution in [2.75, 3.05) is 26.2 Å². The minimum atomic E-state index is 0. The Morgan fingerprint density at radius 2 is 1.72 bits per heavy atom. The van der Waals surface area contributed by atoms with Gasteiger partial charge >= 0.3 is 0 Å². The molecule has 200 valence electrons. The van der Waals surface area contributed by atoms with Gasteiger partial charge in [-0.1, -0.05) is 37.3 Å². The Hall–Kier alpha value is -3.94. The summed E-state index contributed by atoms with van der Waals surface area (Å²) in [6.45, 7) is 7.85. The lowest BCUT2D eigenvalue weighted by atomic mass is 9.91. The molecular weight excluding hydrogens is 510 g/mol. The van der Waals surface area contributed by atoms with Gasteiger partial charge in [-0.2, -0.15) is 15.3 Å². The van der Waals surface area contributed by atoms with E-state index < -0.39 is 0 Å². The van der Waals surface area contributed by atoms with Crippen LogP contribution in [-0.4, -0.2) is 56.2 Å². The predicted molar refractivity (Wildman–Crippen MR) is 158 cm³/mol. The first-order valence-electron chi connectivity index (χ1n) is 13.1. The minimum absolute atomic E-state index is 0. The largest absolute Gasteiger partial charge is 0.507 e. The monoisotopic (exact) mass is 541 g/mol. The molecule has 3 heterocycles. The number of likely N-dealkylation sites (N-methyl/N-ethyl adjacent to an activating group) is 1. The summed E-state index contributed by atoms with van der Waals surface area (Å²) < 4.78 is 7.75. The Morgan fingerprint density at radius 1 is 0.897 bits per heavy atom. The minimum Gasteiger partial charge on any atom is -0.507 e. The third-order valence-electron chi connectivity index (χ3n) is 7.32. The molecule has 0 bridgehead atoms. The molecule has 0 amide bonds. The predicted octanol–water partition coefficient (Wildman–Crippen LogP) is 6.31. The average molecular weight is 542 g/mol. The number of hydrogen-bond acceptors (Lipinski definition) is 6. The molecule has 3 aromatic carbocycles. The van der Waals surface area contributed by atoms with Crippen LogP contribution in [-0.2, 0) is 7.05 Å². The second-order valence-corrected chi connectivity index (χ2v) is 9.82. The van der Waals surface area contributed by atoms with Gasteiger partial charge in [-0.15, -0.1) is 12.4 Å². The van der Waals surface area contributed by atoms with Crippen LogP contribution in [0.3, 0.4) is 0 Å². The van der Waals surface area contributed by atoms with E-state index in [1.54, 1.807) is 10.7 Å². The summed E-state index contributed by atoms with van der Waals surface area (Å²) in [6.07, 6.45) is 2.00. The number of phenols is 1. The van der Waals surface area contributed by atoms with Crippen molar-refractivity contribution in [3.8, 4) is 45.0 Å². The Balaban J connectivity index is 0.00000308. The van der Waals surface area contributed by atoms with Crippen molar-refractivity contribution in [3.05, 3.63) is 78.6 Å². The van der Waals surface area contributed by atoms with Crippen molar-refractivity contribution in [1.29, 1.82) is 0 Å². The summed E-state index contributed by atoms with van der Waals surface area (Å²) in [6, 6.07) is 22.0. The van der Waals surface area contributed by atoms with Crippen molar-refractivity contribution < 1.29 is 9.84 Å². The number of rotatable bonds is 7. The van der Waals surface area contributed by atoms with Gasteiger partial charge in [-0.25, -0.2) is 0 Å². The second-order valence-electron chi connectivity index (χ2n) is 9.82. The molecule has 1 fully saturated rings. The Bertz CT molecular complexity index is 1610. The summed E-state index contributed by atoms with van der Waals surface area (Å²) in [7, 11) is 1.91. The Kier molecular flexibility index (Phi) is 7.55. The molecule has 6 rings (SSSR count). The lowest BCUT2D eigenvalue weighted by Gasteiger charge is -2.37. The van der Waals surface area contributed by atoms with Crippen LogP contribution in [0, 0.1) is 0 Å². The third-order valence-corrected chi connectivity index (χ3v) is 7.32. The summed E-state index contributed by atoms with van der Waals surface area (Å²) >= 11 is 0. The van der Waals surface area contributed by atoms with Gasteiger partial charge in [0, 0.05) is 48.8 Å². The zero-order chi connectivity index (χ0) is 26.2. The highest BCUT2D eigenvalue weighted by Crippen LogP contribution is 2.40. The molecule has 1 saturated heterocycles. The van der Waals surface area contributed by atoms with Crippen molar-refractivity contribution in [3.63, 3.8) is 0 Å². The van der Waals surface area contributed by atoms with Gasteiger partial charge in [-0.05, 0) is 66.6 Å². The average Bonchev–Trinajstić information content (AvgIpc) is 3.29. The van der Waals surface area contributed by atoms with E-state index in [0.717, 1.165) is 75.5 Å². The van der Waals surface area contributed by atoms with Crippen molar-refractivity contribution >= 4 is 23.3 Å². The fraction of sp³-hybridized carbons (Fsp3) is 0.258. The number of likely N-dealkylation sites (tertiary alicyclic amines) is 1. The number of phenolic OH excluding ortho intramolecular Hbond substituents is 1. The summed E-state index contributed by atoms with van der Waals surface area (Å²) in [5.74, 6) is 1.42. The van der Waals surface area contributed by atoms with Gasteiger partial charge in [0.05, 0.1) is 18.0 Å². The second kappa shape index (κ2) is 11.0. The molecule has 0 unspecified atom stereocenters. The fourth-order valence-corrected chi connectivity index (χ4v) is 5.25. The molecule has 5 aromatic rings. The van der Waals surface area contributed by atoms with Crippen LogP contribution in [0.25, 0.3) is 44.4 Å². The standard InChI is InChI=1S/C31H31N5O2.ClH/c1-4-36-18-23(19-36)27-12-13-28(33-32-27)24-11-10-20(15-26(24)25-8-6-7-9-29(25)37)21-14-22-17-35(3)34-31(22)30(16-21)38-5-2;/h6-17,23,37H,4-5,18-19H2,1-3H3;1H. The fourth-order valence-electron chi connectivity index (χ4n) is 5.25. The van der Waals surface area contributed by atoms with E-state index in [2.05, 4.69) is 57.5 Å². The van der Waals surface area contributed by atoms with Crippen LogP contribution in [0.4, 0.5) is 0 Å². The highest BCUT2D eigenvalue weighted by atomic mass is 35.5. The number of hydrogen-bond donors (Lipinski definition) is 1. The zero-order valence-corrected chi connectivity index (χ0v) is 23.2. The highest BCUT2D eigenvalue weighted by Gasteiger charge is 2.28. The molecule has 0 aliphatic carbocycles. The molecule has 1 aliphatic rings. The Morgan fingerprint density at radius 3 is 2.44 bits per heavy atom. The molecule has 0 radical (unpaired) electrons. The molecule has 8 heteroatoms. The SMILES string of the molecule is CCOc1cc(-c2ccc(-c3ccc(C4CN(CC)C4)nn3)c(-c3ccccc3O)c2)cc2cn(C)nc12.Cl. The van der Waals surface area contributed by atoms with E-state index in [-0.39, 0.29) is 18.2 Å². The van der Waals surface area contributed by atoms with E-state index in [4.69, 9.17) is 4.74 Å². The first kappa shape index (κ1) is 26.7. The van der Waals surface area contributed by atoms with Gasteiger partial charge < -0.3 is 14.7 Å². The Labute approximate surface area is 234 Å². The molecule has 2 aromatic heterocycles. The van der Waals surface area contributed by atoms with Crippen molar-refractivity contribution in [2.45, 2.75) is 19.8 Å². The number of para-hydroxylation sites is 1. The van der Waals surface area contributed by atoms with Crippen LogP contribution in [0.5, 0.6) is 11.5 Å². The maximum Gasteiger partial charge on any atom is 0.147 e. The van der Waals surface area contributed by atoms with Gasteiger partial charge in [0.1, 0.15) is 17.0 Å². The topological polar surface area (TPSA) is 76.3 Å². The molecule has 0 atom stereocenters. The van der Waals surface area contributed by atoms with E-state index in [1.807, 2.05) is 50.5 Å². The number of nitrogens with zero attached hydrogens (tertiary/aromatic N) is 5. The first-order chi connectivity index (χ1) is 18.5. The van der Waals surface area contributed by atoms with Gasteiger partial charge in [0.2, 0.25) is 0 Å². The number of ether oxygens (including phenoxy) is 1. The van der Waals surface area contributed by atoms with Crippen molar-refractivity contribution in [2.24, 2.45) is 7.05 Å². The van der Waals surface area contributed by atoms with E-state index in [1.165, 1.54) is 0 Å². The van der Waals surface area contributed by atoms with Crippen LogP contribution in [0.1, 0.15) is 25.5 Å². The zero-order valence-electron chi connectivity index (χ0n) is 22.3. The normalized spacial score (nSPS) is 13.7. The number of aromatic hydroxyl groups is 1. The lowest BCUT2D eigenvalue weighted by Crippen LogP contribution is -2.44. The highest BCUT2D eigenvalue weighted by molar-refractivity contribution is 5.92. The number of benzene rings is 3. The van der Waals surface area contributed by atoms with E-state index in [0.29, 0.717) is 12.5 Å². The van der Waals surface area contributed by atoms with Crippen LogP contribution in [0.15, 0.2) is 72.9 Å². The number of aromatic nitrogens is 4. The van der Waals surface area contributed by atoms with Crippen molar-refractivity contribution in [1.82, 2.24) is 24.9 Å². The van der Waals surface area contributed by atoms with Crippen LogP contribution < -0.4 is 4.74 Å². The van der Waals surface area contributed by atoms with E-state index >= 15 is 0 Å². The maximum atomic E-state index is 10.8. The van der Waals surface area contributed by atoms with Crippen LogP contribution in [0.2, 0.25) is 0 Å².